The molecule has 3 rings (SSSR count). The molecule has 0 spiro atoms. The summed E-state index contributed by atoms with van der Waals surface area (Å²) in [5, 5.41) is 6.73. The number of hydrogen-bond acceptors (Lipinski definition) is 3. The molecule has 0 unspecified atom stereocenters. The van der Waals surface area contributed by atoms with Crippen molar-refractivity contribution in [2.45, 2.75) is 46.2 Å². The van der Waals surface area contributed by atoms with Crippen LogP contribution in [0, 0.1) is 6.92 Å². The lowest BCUT2D eigenvalue weighted by atomic mass is 9.89. The van der Waals surface area contributed by atoms with Gasteiger partial charge in [0.15, 0.2) is 5.76 Å². The van der Waals surface area contributed by atoms with E-state index in [1.165, 1.54) is 16.7 Å². The number of amides is 2. The zero-order valence-corrected chi connectivity index (χ0v) is 13.9. The van der Waals surface area contributed by atoms with Crippen molar-refractivity contribution in [1.82, 2.24) is 15.4 Å². The first kappa shape index (κ1) is 15.6. The Hall–Kier alpha value is -2.30. The van der Waals surface area contributed by atoms with E-state index >= 15 is 0 Å². The number of aryl methyl sites for hydroxylation is 1. The molecule has 0 radical (unpaired) electrons. The third-order valence-corrected chi connectivity index (χ3v) is 4.30. The molecular formula is C18H23N3O2. The number of carbonyl (C=O) groups excluding carboxylic acids is 1. The van der Waals surface area contributed by atoms with Crippen LogP contribution < -0.4 is 5.32 Å². The molecule has 2 amide bonds. The number of fused-ring (bicyclic) bond motifs is 1. The number of nitrogens with zero attached hydrogens (tertiary/aromatic N) is 2. The zero-order valence-electron chi connectivity index (χ0n) is 13.9. The summed E-state index contributed by atoms with van der Waals surface area (Å²) in [6.45, 7) is 8.08. The van der Waals surface area contributed by atoms with E-state index in [1.54, 1.807) is 0 Å². The molecule has 5 nitrogen and oxygen atoms in total. The smallest absolute Gasteiger partial charge is 0.318 e. The Kier molecular flexibility index (Phi) is 4.37. The van der Waals surface area contributed by atoms with Gasteiger partial charge in [0, 0.05) is 19.2 Å². The molecule has 1 aliphatic rings. The Morgan fingerprint density at radius 3 is 2.96 bits per heavy atom. The molecule has 0 saturated carbocycles. The molecule has 2 aromatic rings. The molecular weight excluding hydrogens is 290 g/mol. The Morgan fingerprint density at radius 2 is 2.26 bits per heavy atom. The third-order valence-electron chi connectivity index (χ3n) is 4.30. The van der Waals surface area contributed by atoms with Gasteiger partial charge in [-0.25, -0.2) is 4.79 Å². The zero-order chi connectivity index (χ0) is 16.4. The SMILES string of the molecule is Cc1cc(CNC(=O)N2CCc3c(cccc3C(C)C)C2)on1. The van der Waals surface area contributed by atoms with Crippen LogP contribution >= 0.6 is 0 Å². The van der Waals surface area contributed by atoms with E-state index in [4.69, 9.17) is 4.52 Å². The maximum Gasteiger partial charge on any atom is 0.318 e. The molecule has 0 atom stereocenters. The van der Waals surface area contributed by atoms with E-state index in [1.807, 2.05) is 17.9 Å². The fourth-order valence-electron chi connectivity index (χ4n) is 3.13. The van der Waals surface area contributed by atoms with Crippen molar-refractivity contribution >= 4 is 6.03 Å². The highest BCUT2D eigenvalue weighted by Crippen LogP contribution is 2.27. The number of aromatic nitrogens is 1. The molecule has 0 fully saturated rings. The van der Waals surface area contributed by atoms with E-state index in [2.05, 4.69) is 42.5 Å². The first-order valence-corrected chi connectivity index (χ1v) is 8.10. The van der Waals surface area contributed by atoms with Gasteiger partial charge in [-0.1, -0.05) is 37.2 Å². The normalized spacial score (nSPS) is 14.0. The van der Waals surface area contributed by atoms with Crippen molar-refractivity contribution in [2.24, 2.45) is 0 Å². The second kappa shape index (κ2) is 6.44. The average molecular weight is 313 g/mol. The van der Waals surface area contributed by atoms with E-state index in [-0.39, 0.29) is 6.03 Å². The quantitative estimate of drug-likeness (QED) is 0.945. The van der Waals surface area contributed by atoms with Gasteiger partial charge in [-0.3, -0.25) is 0 Å². The summed E-state index contributed by atoms with van der Waals surface area (Å²) in [4.78, 5) is 14.2. The van der Waals surface area contributed by atoms with E-state index in [0.29, 0.717) is 24.8 Å². The largest absolute Gasteiger partial charge is 0.359 e. The molecule has 1 aliphatic heterocycles. The van der Waals surface area contributed by atoms with Gasteiger partial charge in [-0.2, -0.15) is 0 Å². The molecule has 0 saturated heterocycles. The topological polar surface area (TPSA) is 58.4 Å². The summed E-state index contributed by atoms with van der Waals surface area (Å²) in [6, 6.07) is 8.19. The molecule has 2 heterocycles. The van der Waals surface area contributed by atoms with Crippen LogP contribution in [0.15, 0.2) is 28.8 Å². The van der Waals surface area contributed by atoms with Crippen LogP contribution in [0.2, 0.25) is 0 Å². The van der Waals surface area contributed by atoms with Gasteiger partial charge >= 0.3 is 6.03 Å². The van der Waals surface area contributed by atoms with Gasteiger partial charge in [0.05, 0.1) is 12.2 Å². The van der Waals surface area contributed by atoms with Crippen LogP contribution in [0.5, 0.6) is 0 Å². The second-order valence-electron chi connectivity index (χ2n) is 6.40. The minimum Gasteiger partial charge on any atom is -0.359 e. The van der Waals surface area contributed by atoms with Crippen LogP contribution in [0.1, 0.15) is 47.9 Å². The van der Waals surface area contributed by atoms with Crippen molar-refractivity contribution in [3.05, 3.63) is 52.4 Å². The molecule has 0 bridgehead atoms. The average Bonchev–Trinajstić information content (AvgIpc) is 2.96. The van der Waals surface area contributed by atoms with Crippen molar-refractivity contribution in [2.75, 3.05) is 6.54 Å². The number of hydrogen-bond donors (Lipinski definition) is 1. The van der Waals surface area contributed by atoms with E-state index in [0.717, 1.165) is 18.7 Å². The molecule has 0 aliphatic carbocycles. The van der Waals surface area contributed by atoms with Crippen molar-refractivity contribution in [1.29, 1.82) is 0 Å². The first-order valence-electron chi connectivity index (χ1n) is 8.10. The molecule has 1 aromatic carbocycles. The highest BCUT2D eigenvalue weighted by Gasteiger charge is 2.23. The minimum atomic E-state index is -0.0559. The van der Waals surface area contributed by atoms with Crippen molar-refractivity contribution in [3.8, 4) is 0 Å². The lowest BCUT2D eigenvalue weighted by Gasteiger charge is -2.30. The van der Waals surface area contributed by atoms with Gasteiger partial charge in [0.1, 0.15) is 0 Å². The third kappa shape index (κ3) is 3.38. The van der Waals surface area contributed by atoms with Crippen LogP contribution in [0.4, 0.5) is 4.79 Å². The Balaban J connectivity index is 1.65. The summed E-state index contributed by atoms with van der Waals surface area (Å²) < 4.78 is 5.12. The maximum atomic E-state index is 12.4. The highest BCUT2D eigenvalue weighted by atomic mass is 16.5. The van der Waals surface area contributed by atoms with Crippen LogP contribution in [0.3, 0.4) is 0 Å². The van der Waals surface area contributed by atoms with Crippen LogP contribution in [0.25, 0.3) is 0 Å². The van der Waals surface area contributed by atoms with Crippen molar-refractivity contribution in [3.63, 3.8) is 0 Å². The minimum absolute atomic E-state index is 0.0559. The predicted octanol–water partition coefficient (Wildman–Crippen LogP) is 3.37. The molecule has 122 valence electrons. The number of urea groups is 1. The number of benzene rings is 1. The summed E-state index contributed by atoms with van der Waals surface area (Å²) in [7, 11) is 0. The van der Waals surface area contributed by atoms with Crippen molar-refractivity contribution < 1.29 is 9.32 Å². The van der Waals surface area contributed by atoms with Crippen LogP contribution in [-0.2, 0) is 19.5 Å². The van der Waals surface area contributed by atoms with Gasteiger partial charge < -0.3 is 14.7 Å². The molecule has 1 N–H and O–H groups in total. The summed E-state index contributed by atoms with van der Waals surface area (Å²) in [5.74, 6) is 1.19. The fourth-order valence-corrected chi connectivity index (χ4v) is 3.13. The monoisotopic (exact) mass is 313 g/mol. The lowest BCUT2D eigenvalue weighted by Crippen LogP contribution is -2.42. The van der Waals surface area contributed by atoms with E-state index < -0.39 is 0 Å². The maximum absolute atomic E-state index is 12.4. The van der Waals surface area contributed by atoms with Gasteiger partial charge in [0.25, 0.3) is 0 Å². The Bertz CT molecular complexity index is 706. The van der Waals surface area contributed by atoms with Gasteiger partial charge in [0.2, 0.25) is 0 Å². The summed E-state index contributed by atoms with van der Waals surface area (Å²) >= 11 is 0. The highest BCUT2D eigenvalue weighted by molar-refractivity contribution is 5.74. The summed E-state index contributed by atoms with van der Waals surface area (Å²) in [5.41, 5.74) is 4.90. The van der Waals surface area contributed by atoms with E-state index in [9.17, 15) is 4.79 Å². The standard InChI is InChI=1S/C18H23N3O2/c1-12(2)16-6-4-5-14-11-21(8-7-17(14)16)18(22)19-10-15-9-13(3)20-23-15/h4-6,9,12H,7-8,10-11H2,1-3H3,(H,19,22). The molecule has 23 heavy (non-hydrogen) atoms. The first-order chi connectivity index (χ1) is 11.0. The van der Waals surface area contributed by atoms with Crippen LogP contribution in [-0.4, -0.2) is 22.6 Å². The van der Waals surface area contributed by atoms with Gasteiger partial charge in [-0.15, -0.1) is 0 Å². The summed E-state index contributed by atoms with van der Waals surface area (Å²) in [6.07, 6.45) is 0.915. The molecule has 5 heteroatoms. The number of carbonyl (C=O) groups is 1. The van der Waals surface area contributed by atoms with Gasteiger partial charge in [-0.05, 0) is 36.0 Å². The fraction of sp³-hybridized carbons (Fsp3) is 0.444. The number of nitrogens with one attached hydrogen (secondary N) is 1. The second-order valence-corrected chi connectivity index (χ2v) is 6.40. The Labute approximate surface area is 136 Å². The Morgan fingerprint density at radius 1 is 1.43 bits per heavy atom. The lowest BCUT2D eigenvalue weighted by molar-refractivity contribution is 0.190. The predicted molar refractivity (Wildman–Crippen MR) is 88.1 cm³/mol. The molecule has 1 aromatic heterocycles. The number of rotatable bonds is 3.